The molecule has 1 aromatic carbocycles. The third-order valence-corrected chi connectivity index (χ3v) is 2.37. The Bertz CT molecular complexity index is 287. The minimum absolute atomic E-state index is 0.352. The van der Waals surface area contributed by atoms with Crippen molar-refractivity contribution < 1.29 is 0 Å². The van der Waals surface area contributed by atoms with Crippen molar-refractivity contribution >= 4 is 0 Å². The van der Waals surface area contributed by atoms with Gasteiger partial charge in [-0.2, -0.15) is 5.26 Å². The molecule has 74 valence electrons. The lowest BCUT2D eigenvalue weighted by atomic mass is 9.92. The molecule has 1 aromatic rings. The van der Waals surface area contributed by atoms with Gasteiger partial charge in [-0.1, -0.05) is 30.3 Å². The Kier molecular flexibility index (Phi) is 4.74. The number of nitrogens with zero attached hydrogens (tertiary/aromatic N) is 1. The molecule has 0 heterocycles. The van der Waals surface area contributed by atoms with E-state index in [1.807, 2.05) is 18.2 Å². The zero-order valence-electron chi connectivity index (χ0n) is 8.32. The van der Waals surface area contributed by atoms with Crippen LogP contribution in [0.4, 0.5) is 0 Å². The van der Waals surface area contributed by atoms with Crippen LogP contribution in [0.25, 0.3) is 0 Å². The second-order valence-electron chi connectivity index (χ2n) is 3.40. The van der Waals surface area contributed by atoms with Gasteiger partial charge in [-0.25, -0.2) is 0 Å². The third-order valence-electron chi connectivity index (χ3n) is 2.37. The maximum absolute atomic E-state index is 8.72. The Hall–Kier alpha value is -1.33. The molecule has 2 N–H and O–H groups in total. The van der Waals surface area contributed by atoms with E-state index < -0.39 is 0 Å². The molecule has 0 aliphatic carbocycles. The quantitative estimate of drug-likeness (QED) is 0.771. The van der Waals surface area contributed by atoms with Crippen molar-refractivity contribution in [2.45, 2.75) is 25.2 Å². The van der Waals surface area contributed by atoms with Crippen molar-refractivity contribution in [2.75, 3.05) is 6.54 Å². The van der Waals surface area contributed by atoms with Gasteiger partial charge in [-0.15, -0.1) is 0 Å². The van der Waals surface area contributed by atoms with Gasteiger partial charge in [0, 0.05) is 6.42 Å². The smallest absolute Gasteiger partial charge is 0.0628 e. The number of nitrogens with two attached hydrogens (primary N) is 1. The van der Waals surface area contributed by atoms with Crippen molar-refractivity contribution in [3.8, 4) is 6.07 Å². The van der Waals surface area contributed by atoms with Gasteiger partial charge in [-0.3, -0.25) is 0 Å². The molecule has 0 bridgehead atoms. The Morgan fingerprint density at radius 3 is 2.57 bits per heavy atom. The number of nitriles is 1. The Balaban J connectivity index is 2.63. The number of hydrogen-bond acceptors (Lipinski definition) is 2. The highest BCUT2D eigenvalue weighted by Gasteiger charge is 2.09. The average Bonchev–Trinajstić information content (AvgIpc) is 2.25. The van der Waals surface area contributed by atoms with Crippen LogP contribution in [0.15, 0.2) is 30.3 Å². The van der Waals surface area contributed by atoms with Crippen LogP contribution < -0.4 is 5.73 Å². The summed E-state index contributed by atoms with van der Waals surface area (Å²) >= 11 is 0. The summed E-state index contributed by atoms with van der Waals surface area (Å²) in [5.41, 5.74) is 6.72. The van der Waals surface area contributed by atoms with E-state index in [1.165, 1.54) is 5.56 Å². The van der Waals surface area contributed by atoms with E-state index in [9.17, 15) is 0 Å². The van der Waals surface area contributed by atoms with E-state index in [1.54, 1.807) is 0 Å². The molecule has 1 unspecified atom stereocenters. The molecular formula is C12H16N2. The molecule has 0 fully saturated rings. The van der Waals surface area contributed by atoms with E-state index in [-0.39, 0.29) is 0 Å². The second-order valence-corrected chi connectivity index (χ2v) is 3.40. The van der Waals surface area contributed by atoms with Gasteiger partial charge in [0.05, 0.1) is 6.07 Å². The fourth-order valence-corrected chi connectivity index (χ4v) is 1.59. The van der Waals surface area contributed by atoms with Crippen molar-refractivity contribution in [2.24, 2.45) is 5.73 Å². The number of rotatable bonds is 5. The van der Waals surface area contributed by atoms with Gasteiger partial charge < -0.3 is 5.73 Å². The fourth-order valence-electron chi connectivity index (χ4n) is 1.59. The average molecular weight is 188 g/mol. The maximum Gasteiger partial charge on any atom is 0.0628 e. The molecule has 14 heavy (non-hydrogen) atoms. The highest BCUT2D eigenvalue weighted by molar-refractivity contribution is 5.20. The van der Waals surface area contributed by atoms with E-state index in [0.717, 1.165) is 12.8 Å². The number of benzene rings is 1. The van der Waals surface area contributed by atoms with Crippen molar-refractivity contribution in [3.63, 3.8) is 0 Å². The van der Waals surface area contributed by atoms with E-state index in [4.69, 9.17) is 11.0 Å². The molecule has 1 atom stereocenters. The van der Waals surface area contributed by atoms with E-state index in [2.05, 4.69) is 18.2 Å². The normalized spacial score (nSPS) is 12.0. The predicted molar refractivity (Wildman–Crippen MR) is 57.7 cm³/mol. The summed E-state index contributed by atoms with van der Waals surface area (Å²) in [7, 11) is 0. The molecule has 0 amide bonds. The van der Waals surface area contributed by atoms with Crippen molar-refractivity contribution in [1.29, 1.82) is 5.26 Å². The third kappa shape index (κ3) is 3.20. The zero-order chi connectivity index (χ0) is 10.2. The van der Waals surface area contributed by atoms with Gasteiger partial charge in [0.1, 0.15) is 0 Å². The van der Waals surface area contributed by atoms with Crippen molar-refractivity contribution in [3.05, 3.63) is 35.9 Å². The Morgan fingerprint density at radius 1 is 1.29 bits per heavy atom. The van der Waals surface area contributed by atoms with Gasteiger partial charge in [0.15, 0.2) is 0 Å². The highest BCUT2D eigenvalue weighted by atomic mass is 14.5. The Labute approximate surface area is 85.4 Å². The second kappa shape index (κ2) is 6.17. The summed E-state index contributed by atoms with van der Waals surface area (Å²) in [6.45, 7) is 0.703. The Morgan fingerprint density at radius 2 is 2.00 bits per heavy atom. The molecule has 0 spiro atoms. The molecule has 1 rings (SSSR count). The SMILES string of the molecule is N#CCC(CCCN)c1ccccc1. The van der Waals surface area contributed by atoms with Gasteiger partial charge >= 0.3 is 0 Å². The summed E-state index contributed by atoms with van der Waals surface area (Å²) < 4.78 is 0. The van der Waals surface area contributed by atoms with Crippen LogP contribution in [-0.2, 0) is 0 Å². The van der Waals surface area contributed by atoms with Crippen LogP contribution in [0.2, 0.25) is 0 Å². The first kappa shape index (κ1) is 10.7. The number of hydrogen-bond donors (Lipinski definition) is 1. The summed E-state index contributed by atoms with van der Waals surface area (Å²) in [6, 6.07) is 12.4. The lowest BCUT2D eigenvalue weighted by Crippen LogP contribution is -2.04. The lowest BCUT2D eigenvalue weighted by molar-refractivity contribution is 0.607. The van der Waals surface area contributed by atoms with Gasteiger partial charge in [0.2, 0.25) is 0 Å². The molecule has 0 aromatic heterocycles. The fraction of sp³-hybridized carbons (Fsp3) is 0.417. The standard InChI is InChI=1S/C12H16N2/c13-9-4-7-12(8-10-14)11-5-2-1-3-6-11/h1-3,5-6,12H,4,7-9,13H2. The van der Waals surface area contributed by atoms with Crippen LogP contribution in [0.1, 0.15) is 30.7 Å². The minimum atomic E-state index is 0.352. The van der Waals surface area contributed by atoms with Gasteiger partial charge in [-0.05, 0) is 30.9 Å². The van der Waals surface area contributed by atoms with Crippen LogP contribution in [0.5, 0.6) is 0 Å². The summed E-state index contributed by atoms with van der Waals surface area (Å²) in [5.74, 6) is 0.352. The minimum Gasteiger partial charge on any atom is -0.330 e. The molecule has 0 aliphatic rings. The van der Waals surface area contributed by atoms with Crippen LogP contribution >= 0.6 is 0 Å². The molecule has 0 aliphatic heterocycles. The van der Waals surface area contributed by atoms with E-state index in [0.29, 0.717) is 18.9 Å². The first-order valence-corrected chi connectivity index (χ1v) is 5.00. The van der Waals surface area contributed by atoms with Crippen LogP contribution in [0, 0.1) is 11.3 Å². The summed E-state index contributed by atoms with van der Waals surface area (Å²) in [4.78, 5) is 0. The van der Waals surface area contributed by atoms with E-state index >= 15 is 0 Å². The predicted octanol–water partition coefficient (Wildman–Crippen LogP) is 2.42. The monoisotopic (exact) mass is 188 g/mol. The molecule has 2 heteroatoms. The molecular weight excluding hydrogens is 172 g/mol. The van der Waals surface area contributed by atoms with Crippen LogP contribution in [-0.4, -0.2) is 6.54 Å². The highest BCUT2D eigenvalue weighted by Crippen LogP contribution is 2.23. The molecule has 2 nitrogen and oxygen atoms in total. The first-order valence-electron chi connectivity index (χ1n) is 5.00. The van der Waals surface area contributed by atoms with Crippen LogP contribution in [0.3, 0.4) is 0 Å². The molecule has 0 radical (unpaired) electrons. The summed E-state index contributed by atoms with van der Waals surface area (Å²) in [5, 5.41) is 8.72. The van der Waals surface area contributed by atoms with Gasteiger partial charge in [0.25, 0.3) is 0 Å². The molecule has 0 saturated carbocycles. The van der Waals surface area contributed by atoms with Crippen molar-refractivity contribution in [1.82, 2.24) is 0 Å². The zero-order valence-corrected chi connectivity index (χ0v) is 8.32. The lowest BCUT2D eigenvalue weighted by Gasteiger charge is -2.12. The first-order chi connectivity index (χ1) is 6.88. The topological polar surface area (TPSA) is 49.8 Å². The maximum atomic E-state index is 8.72. The summed E-state index contributed by atoms with van der Waals surface area (Å²) in [6.07, 6.45) is 2.58. The molecule has 0 saturated heterocycles. The largest absolute Gasteiger partial charge is 0.330 e.